The molecule has 0 aliphatic heterocycles. The number of rotatable bonds is 7. The maximum absolute atomic E-state index is 14.2. The van der Waals surface area contributed by atoms with Crippen molar-refractivity contribution >= 4 is 5.69 Å². The Bertz CT molecular complexity index is 440. The molecule has 0 heterocycles. The highest BCUT2D eigenvalue weighted by Gasteiger charge is 2.18. The zero-order chi connectivity index (χ0) is 14.3. The van der Waals surface area contributed by atoms with Crippen molar-refractivity contribution in [3.8, 4) is 6.07 Å². The van der Waals surface area contributed by atoms with Gasteiger partial charge in [-0.2, -0.15) is 5.26 Å². The zero-order valence-corrected chi connectivity index (χ0v) is 11.9. The molecule has 0 saturated heterocycles. The fourth-order valence-corrected chi connectivity index (χ4v) is 2.24. The number of nitrogens with one attached hydrogen (secondary N) is 1. The molecule has 0 amide bonds. The molecule has 104 valence electrons. The second-order valence-corrected chi connectivity index (χ2v) is 4.44. The number of hydrogen-bond acceptors (Lipinski definition) is 3. The van der Waals surface area contributed by atoms with Crippen LogP contribution in [-0.2, 0) is 0 Å². The molecule has 1 aromatic rings. The lowest BCUT2D eigenvalue weighted by Crippen LogP contribution is -2.28. The first-order chi connectivity index (χ1) is 9.15. The molecule has 0 aromatic heterocycles. The van der Waals surface area contributed by atoms with Gasteiger partial charge < -0.3 is 10.2 Å². The highest BCUT2D eigenvalue weighted by Crippen LogP contribution is 2.29. The maximum Gasteiger partial charge on any atom is 0.146 e. The van der Waals surface area contributed by atoms with Crippen LogP contribution in [0.2, 0.25) is 0 Å². The van der Waals surface area contributed by atoms with E-state index in [9.17, 15) is 4.39 Å². The van der Waals surface area contributed by atoms with Gasteiger partial charge in [0.1, 0.15) is 5.82 Å². The average molecular weight is 263 g/mol. The number of nitriles is 1. The van der Waals surface area contributed by atoms with Crippen molar-refractivity contribution in [2.24, 2.45) is 0 Å². The summed E-state index contributed by atoms with van der Waals surface area (Å²) >= 11 is 0. The third kappa shape index (κ3) is 3.93. The molecular formula is C15H22FN3. The maximum atomic E-state index is 14.2. The van der Waals surface area contributed by atoms with Gasteiger partial charge in [0.05, 0.1) is 18.2 Å². The summed E-state index contributed by atoms with van der Waals surface area (Å²) in [6.45, 7) is 8.11. The van der Waals surface area contributed by atoms with Gasteiger partial charge in [0.15, 0.2) is 0 Å². The lowest BCUT2D eigenvalue weighted by Gasteiger charge is -2.27. The first-order valence-corrected chi connectivity index (χ1v) is 6.79. The Kier molecular flexibility index (Phi) is 6.31. The van der Waals surface area contributed by atoms with Gasteiger partial charge in [-0.05, 0) is 32.0 Å². The Morgan fingerprint density at radius 1 is 1.42 bits per heavy atom. The Morgan fingerprint density at radius 3 is 2.74 bits per heavy atom. The van der Waals surface area contributed by atoms with Gasteiger partial charge in [0, 0.05) is 19.1 Å². The minimum atomic E-state index is -0.220. The molecule has 0 spiro atoms. The van der Waals surface area contributed by atoms with Gasteiger partial charge in [0.2, 0.25) is 0 Å². The van der Waals surface area contributed by atoms with Gasteiger partial charge in [-0.3, -0.25) is 0 Å². The van der Waals surface area contributed by atoms with Crippen molar-refractivity contribution in [1.29, 1.82) is 5.26 Å². The first kappa shape index (κ1) is 15.5. The van der Waals surface area contributed by atoms with E-state index in [1.807, 2.05) is 31.7 Å². The van der Waals surface area contributed by atoms with Crippen LogP contribution >= 0.6 is 0 Å². The van der Waals surface area contributed by atoms with E-state index in [2.05, 4.69) is 11.4 Å². The van der Waals surface area contributed by atoms with Crippen LogP contribution in [0.15, 0.2) is 18.2 Å². The SMILES string of the molecule is CCNC(C)c1cccc(F)c1N(CC)CCC#N. The summed E-state index contributed by atoms with van der Waals surface area (Å²) < 4.78 is 14.2. The van der Waals surface area contributed by atoms with Crippen LogP contribution in [0.4, 0.5) is 10.1 Å². The van der Waals surface area contributed by atoms with Crippen molar-refractivity contribution < 1.29 is 4.39 Å². The van der Waals surface area contributed by atoms with E-state index < -0.39 is 0 Å². The van der Waals surface area contributed by atoms with Crippen LogP contribution in [0.5, 0.6) is 0 Å². The summed E-state index contributed by atoms with van der Waals surface area (Å²) in [5.74, 6) is -0.220. The molecule has 1 aromatic carbocycles. The molecule has 0 aliphatic carbocycles. The molecule has 1 unspecified atom stereocenters. The van der Waals surface area contributed by atoms with Gasteiger partial charge in [0.25, 0.3) is 0 Å². The fraction of sp³-hybridized carbons (Fsp3) is 0.533. The number of halogens is 1. The van der Waals surface area contributed by atoms with Crippen molar-refractivity contribution in [2.45, 2.75) is 33.2 Å². The third-order valence-electron chi connectivity index (χ3n) is 3.19. The Balaban J connectivity index is 3.12. The predicted octanol–water partition coefficient (Wildman–Crippen LogP) is 3.24. The molecule has 0 bridgehead atoms. The molecule has 0 saturated carbocycles. The van der Waals surface area contributed by atoms with Gasteiger partial charge in [-0.25, -0.2) is 4.39 Å². The molecule has 0 aliphatic rings. The first-order valence-electron chi connectivity index (χ1n) is 6.79. The van der Waals surface area contributed by atoms with Crippen molar-refractivity contribution in [1.82, 2.24) is 5.32 Å². The van der Waals surface area contributed by atoms with Crippen molar-refractivity contribution in [2.75, 3.05) is 24.5 Å². The number of anilines is 1. The fourth-order valence-electron chi connectivity index (χ4n) is 2.24. The van der Waals surface area contributed by atoms with Gasteiger partial charge >= 0.3 is 0 Å². The number of nitrogens with zero attached hydrogens (tertiary/aromatic N) is 2. The minimum Gasteiger partial charge on any atom is -0.368 e. The van der Waals surface area contributed by atoms with E-state index in [1.54, 1.807) is 6.07 Å². The summed E-state index contributed by atoms with van der Waals surface area (Å²) in [6, 6.07) is 7.37. The van der Waals surface area contributed by atoms with E-state index in [-0.39, 0.29) is 11.9 Å². The topological polar surface area (TPSA) is 39.1 Å². The molecule has 1 atom stereocenters. The summed E-state index contributed by atoms with van der Waals surface area (Å²) in [5, 5.41) is 12.0. The van der Waals surface area contributed by atoms with E-state index in [1.165, 1.54) is 6.07 Å². The van der Waals surface area contributed by atoms with Crippen LogP contribution in [-0.4, -0.2) is 19.6 Å². The summed E-state index contributed by atoms with van der Waals surface area (Å²) in [5.41, 5.74) is 1.57. The Hall–Kier alpha value is -1.60. The molecule has 1 N–H and O–H groups in total. The van der Waals surface area contributed by atoms with E-state index in [0.29, 0.717) is 25.2 Å². The van der Waals surface area contributed by atoms with Crippen molar-refractivity contribution in [3.63, 3.8) is 0 Å². The highest BCUT2D eigenvalue weighted by molar-refractivity contribution is 5.56. The zero-order valence-electron chi connectivity index (χ0n) is 11.9. The normalized spacial score (nSPS) is 11.9. The largest absolute Gasteiger partial charge is 0.368 e. The van der Waals surface area contributed by atoms with Crippen LogP contribution in [0.3, 0.4) is 0 Å². The van der Waals surface area contributed by atoms with E-state index >= 15 is 0 Å². The highest BCUT2D eigenvalue weighted by atomic mass is 19.1. The smallest absolute Gasteiger partial charge is 0.146 e. The van der Waals surface area contributed by atoms with E-state index in [4.69, 9.17) is 5.26 Å². The molecule has 1 rings (SSSR count). The monoisotopic (exact) mass is 263 g/mol. The van der Waals surface area contributed by atoms with E-state index in [0.717, 1.165) is 12.1 Å². The average Bonchev–Trinajstić information content (AvgIpc) is 2.41. The quantitative estimate of drug-likeness (QED) is 0.821. The van der Waals surface area contributed by atoms with Crippen LogP contribution in [0.1, 0.15) is 38.8 Å². The standard InChI is InChI=1S/C15H22FN3/c1-4-18-12(3)13-8-6-9-14(16)15(13)19(5-2)11-7-10-17/h6,8-9,12,18H,4-5,7,11H2,1-3H3. The summed E-state index contributed by atoms with van der Waals surface area (Å²) in [7, 11) is 0. The molecule has 0 fully saturated rings. The Labute approximate surface area is 115 Å². The molecule has 0 radical (unpaired) electrons. The second-order valence-electron chi connectivity index (χ2n) is 4.44. The molecule has 4 heteroatoms. The lowest BCUT2D eigenvalue weighted by molar-refractivity contribution is 0.577. The minimum absolute atomic E-state index is 0.0897. The summed E-state index contributed by atoms with van der Waals surface area (Å²) in [4.78, 5) is 1.93. The number of hydrogen-bond donors (Lipinski definition) is 1. The van der Waals surface area contributed by atoms with Gasteiger partial charge in [-0.1, -0.05) is 19.1 Å². The van der Waals surface area contributed by atoms with Crippen LogP contribution in [0.25, 0.3) is 0 Å². The molecule has 19 heavy (non-hydrogen) atoms. The van der Waals surface area contributed by atoms with Gasteiger partial charge in [-0.15, -0.1) is 0 Å². The number of benzene rings is 1. The van der Waals surface area contributed by atoms with Crippen LogP contribution < -0.4 is 10.2 Å². The predicted molar refractivity (Wildman–Crippen MR) is 76.6 cm³/mol. The molecular weight excluding hydrogens is 241 g/mol. The van der Waals surface area contributed by atoms with Crippen LogP contribution in [0, 0.1) is 17.1 Å². The molecule has 3 nitrogen and oxygen atoms in total. The van der Waals surface area contributed by atoms with Crippen molar-refractivity contribution in [3.05, 3.63) is 29.6 Å². The second kappa shape index (κ2) is 7.75. The third-order valence-corrected chi connectivity index (χ3v) is 3.19. The Morgan fingerprint density at radius 2 is 2.16 bits per heavy atom. The lowest BCUT2D eigenvalue weighted by atomic mass is 10.0. The summed E-state index contributed by atoms with van der Waals surface area (Å²) in [6.07, 6.45) is 0.400. The number of para-hydroxylation sites is 1.